The average molecular weight is 230 g/mol. The van der Waals surface area contributed by atoms with Crippen LogP contribution in [-0.2, 0) is 0 Å². The second-order valence-electron chi connectivity index (χ2n) is 2.53. The normalized spacial score (nSPS) is 11.9. The van der Waals surface area contributed by atoms with Gasteiger partial charge in [-0.3, -0.25) is 0 Å². The van der Waals surface area contributed by atoms with Gasteiger partial charge in [0.2, 0.25) is 0 Å². The van der Waals surface area contributed by atoms with Gasteiger partial charge in [0.1, 0.15) is 11.6 Å². The summed E-state index contributed by atoms with van der Waals surface area (Å²) in [6.45, 7) is 0. The third kappa shape index (κ3) is 3.34. The summed E-state index contributed by atoms with van der Waals surface area (Å²) in [4.78, 5) is 0. The molecule has 0 aliphatic heterocycles. The van der Waals surface area contributed by atoms with E-state index in [4.69, 9.17) is 0 Å². The Kier molecular flexibility index (Phi) is 3.11. The van der Waals surface area contributed by atoms with E-state index in [0.29, 0.717) is 12.1 Å². The molecule has 0 bridgehead atoms. The molecule has 7 heteroatoms. The molecule has 0 aliphatic carbocycles. The molecule has 15 heavy (non-hydrogen) atoms. The largest absolute Gasteiger partial charge is 0.573 e. The number of hydrogen-bond acceptors (Lipinski definition) is 1. The van der Waals surface area contributed by atoms with Gasteiger partial charge in [0.05, 0.1) is 5.56 Å². The number of rotatable bonds is 2. The second kappa shape index (κ2) is 4.00. The maximum atomic E-state index is 12.5. The van der Waals surface area contributed by atoms with Crippen LogP contribution in [0.15, 0.2) is 18.2 Å². The minimum absolute atomic E-state index is 0.259. The third-order valence-corrected chi connectivity index (χ3v) is 1.44. The highest BCUT2D eigenvalue weighted by molar-refractivity contribution is 5.35. The monoisotopic (exact) mass is 230 g/mol. The molecule has 0 fully saturated rings. The molecular weight excluding hydrogens is 226 g/mol. The van der Waals surface area contributed by atoms with E-state index in [1.54, 1.807) is 0 Å². The lowest BCUT2D eigenvalue weighted by atomic mass is 10.2. The first-order valence-electron chi connectivity index (χ1n) is 3.63. The highest BCUT2D eigenvalue weighted by Crippen LogP contribution is 2.33. The first kappa shape index (κ1) is 11.7. The summed E-state index contributed by atoms with van der Waals surface area (Å²) in [6, 6.07) is 1.43. The van der Waals surface area contributed by atoms with Crippen molar-refractivity contribution in [2.45, 2.75) is 12.8 Å². The second-order valence-corrected chi connectivity index (χ2v) is 2.53. The van der Waals surface area contributed by atoms with E-state index in [0.717, 1.165) is 0 Å². The van der Waals surface area contributed by atoms with Crippen LogP contribution in [0.25, 0.3) is 0 Å². The molecule has 0 saturated carbocycles. The Bertz CT molecular complexity index is 345. The molecule has 0 N–H and O–H groups in total. The maximum absolute atomic E-state index is 12.5. The zero-order valence-electron chi connectivity index (χ0n) is 6.99. The van der Waals surface area contributed by atoms with E-state index in [2.05, 4.69) is 4.74 Å². The van der Waals surface area contributed by atoms with Crippen LogP contribution in [0.3, 0.4) is 0 Å². The van der Waals surface area contributed by atoms with Gasteiger partial charge in [0.15, 0.2) is 0 Å². The van der Waals surface area contributed by atoms with Crippen LogP contribution >= 0.6 is 0 Å². The Hall–Kier alpha value is -1.40. The lowest BCUT2D eigenvalue weighted by Crippen LogP contribution is -2.18. The molecule has 1 aromatic rings. The highest BCUT2D eigenvalue weighted by atomic mass is 19.4. The predicted molar refractivity (Wildman–Crippen MR) is 38.0 cm³/mol. The van der Waals surface area contributed by atoms with Crippen molar-refractivity contribution in [3.63, 3.8) is 0 Å². The van der Waals surface area contributed by atoms with Crippen molar-refractivity contribution < 1.29 is 31.1 Å². The molecule has 0 unspecified atom stereocenters. The number of ether oxygens (including phenoxy) is 1. The molecule has 0 radical (unpaired) electrons. The number of hydrogen-bond donors (Lipinski definition) is 0. The zero-order valence-corrected chi connectivity index (χ0v) is 6.99. The summed E-state index contributed by atoms with van der Waals surface area (Å²) in [5.41, 5.74) is -1.01. The minimum atomic E-state index is -5.13. The maximum Gasteiger partial charge on any atom is 0.573 e. The molecule has 0 spiro atoms. The first-order valence-corrected chi connectivity index (χ1v) is 3.63. The fraction of sp³-hybridized carbons (Fsp3) is 0.250. The topological polar surface area (TPSA) is 9.23 Å². The van der Waals surface area contributed by atoms with Crippen molar-refractivity contribution >= 4 is 0 Å². The Balaban J connectivity index is 3.08. The van der Waals surface area contributed by atoms with Gasteiger partial charge < -0.3 is 4.74 Å². The summed E-state index contributed by atoms with van der Waals surface area (Å²) < 4.78 is 75.3. The number of benzene rings is 1. The summed E-state index contributed by atoms with van der Waals surface area (Å²) in [5, 5.41) is 0. The Morgan fingerprint density at radius 2 is 1.73 bits per heavy atom. The van der Waals surface area contributed by atoms with Crippen LogP contribution in [-0.4, -0.2) is 6.36 Å². The van der Waals surface area contributed by atoms with Gasteiger partial charge in [-0.05, 0) is 12.1 Å². The lowest BCUT2D eigenvalue weighted by molar-refractivity contribution is -0.275. The van der Waals surface area contributed by atoms with Crippen LogP contribution in [0.4, 0.5) is 26.3 Å². The van der Waals surface area contributed by atoms with Crippen molar-refractivity contribution in [3.05, 3.63) is 29.6 Å². The van der Waals surface area contributed by atoms with Crippen molar-refractivity contribution in [1.82, 2.24) is 0 Å². The highest BCUT2D eigenvalue weighted by Gasteiger charge is 2.33. The fourth-order valence-electron chi connectivity index (χ4n) is 0.902. The van der Waals surface area contributed by atoms with E-state index in [1.165, 1.54) is 0 Å². The Morgan fingerprint density at radius 1 is 1.13 bits per heavy atom. The van der Waals surface area contributed by atoms with Crippen LogP contribution in [0.1, 0.15) is 12.0 Å². The van der Waals surface area contributed by atoms with E-state index < -0.39 is 29.9 Å². The standard InChI is InChI=1S/C8H4F6O/c9-4-1-2-5(7(10)11)6(3-4)15-8(12,13)14/h1-3,7H. The predicted octanol–water partition coefficient (Wildman–Crippen LogP) is 3.66. The third-order valence-electron chi connectivity index (χ3n) is 1.44. The van der Waals surface area contributed by atoms with Gasteiger partial charge in [-0.1, -0.05) is 0 Å². The van der Waals surface area contributed by atoms with Gasteiger partial charge in [-0.25, -0.2) is 13.2 Å². The quantitative estimate of drug-likeness (QED) is 0.704. The molecular formula is C8H4F6O. The SMILES string of the molecule is Fc1ccc(C(F)F)c(OC(F)(F)F)c1. The molecule has 0 aliphatic rings. The van der Waals surface area contributed by atoms with Crippen molar-refractivity contribution in [2.24, 2.45) is 0 Å². The van der Waals surface area contributed by atoms with Gasteiger partial charge in [0.25, 0.3) is 6.43 Å². The van der Waals surface area contributed by atoms with Gasteiger partial charge in [-0.2, -0.15) is 0 Å². The van der Waals surface area contributed by atoms with E-state index >= 15 is 0 Å². The molecule has 0 atom stereocenters. The summed E-state index contributed by atoms with van der Waals surface area (Å²) in [6.07, 6.45) is -8.29. The van der Waals surface area contributed by atoms with E-state index in [-0.39, 0.29) is 6.07 Å². The van der Waals surface area contributed by atoms with Crippen LogP contribution < -0.4 is 4.74 Å². The van der Waals surface area contributed by atoms with Crippen LogP contribution in [0.5, 0.6) is 5.75 Å². The molecule has 0 amide bonds. The summed E-state index contributed by atoms with van der Waals surface area (Å²) in [7, 11) is 0. The number of halogens is 6. The average Bonchev–Trinajstić information content (AvgIpc) is 1.99. The van der Waals surface area contributed by atoms with Gasteiger partial charge >= 0.3 is 6.36 Å². The van der Waals surface area contributed by atoms with Gasteiger partial charge in [0, 0.05) is 6.07 Å². The smallest absolute Gasteiger partial charge is 0.405 e. The van der Waals surface area contributed by atoms with Gasteiger partial charge in [-0.15, -0.1) is 13.2 Å². The fourth-order valence-corrected chi connectivity index (χ4v) is 0.902. The van der Waals surface area contributed by atoms with Crippen molar-refractivity contribution in [2.75, 3.05) is 0 Å². The minimum Gasteiger partial charge on any atom is -0.405 e. The zero-order chi connectivity index (χ0) is 11.6. The molecule has 84 valence electrons. The first-order chi connectivity index (χ1) is 6.79. The molecule has 0 heterocycles. The number of alkyl halides is 5. The molecule has 1 aromatic carbocycles. The van der Waals surface area contributed by atoms with Crippen molar-refractivity contribution in [3.8, 4) is 5.75 Å². The summed E-state index contributed by atoms with van der Waals surface area (Å²) in [5.74, 6) is -2.31. The van der Waals surface area contributed by atoms with Crippen LogP contribution in [0, 0.1) is 5.82 Å². The van der Waals surface area contributed by atoms with Crippen molar-refractivity contribution in [1.29, 1.82) is 0 Å². The van der Waals surface area contributed by atoms with Crippen LogP contribution in [0.2, 0.25) is 0 Å². The Labute approximate surface area is 80.3 Å². The summed E-state index contributed by atoms with van der Waals surface area (Å²) >= 11 is 0. The molecule has 0 aromatic heterocycles. The van der Waals surface area contributed by atoms with E-state index in [9.17, 15) is 26.3 Å². The molecule has 1 rings (SSSR count). The lowest BCUT2D eigenvalue weighted by Gasteiger charge is -2.12. The molecule has 1 nitrogen and oxygen atoms in total. The van der Waals surface area contributed by atoms with E-state index in [1.807, 2.05) is 0 Å². The molecule has 0 saturated heterocycles. The Morgan fingerprint density at radius 3 is 2.20 bits per heavy atom.